The Morgan fingerprint density at radius 3 is 2.88 bits per heavy atom. The molecule has 2 rings (SSSR count). The van der Waals surface area contributed by atoms with Gasteiger partial charge in [0.1, 0.15) is 0 Å². The molecule has 1 fully saturated rings. The van der Waals surface area contributed by atoms with Gasteiger partial charge in [0, 0.05) is 31.4 Å². The SMILES string of the molecule is Cn1cc(C(O)CNC2CCCCC2)cn1. The average Bonchev–Trinajstić information content (AvgIpc) is 2.74. The summed E-state index contributed by atoms with van der Waals surface area (Å²) in [6, 6.07) is 0.597. The molecule has 0 amide bonds. The van der Waals surface area contributed by atoms with E-state index in [1.54, 1.807) is 10.9 Å². The van der Waals surface area contributed by atoms with Crippen LogP contribution >= 0.6 is 0 Å². The largest absolute Gasteiger partial charge is 0.387 e. The van der Waals surface area contributed by atoms with E-state index < -0.39 is 6.10 Å². The summed E-state index contributed by atoms with van der Waals surface area (Å²) in [5.74, 6) is 0. The van der Waals surface area contributed by atoms with Crippen LogP contribution in [-0.2, 0) is 7.05 Å². The highest BCUT2D eigenvalue weighted by molar-refractivity contribution is 5.08. The highest BCUT2D eigenvalue weighted by atomic mass is 16.3. The fourth-order valence-corrected chi connectivity index (χ4v) is 2.32. The smallest absolute Gasteiger partial charge is 0.0944 e. The lowest BCUT2D eigenvalue weighted by atomic mass is 9.95. The van der Waals surface area contributed by atoms with Gasteiger partial charge in [0.15, 0.2) is 0 Å². The Labute approximate surface area is 96.7 Å². The van der Waals surface area contributed by atoms with E-state index in [1.807, 2.05) is 13.2 Å². The first kappa shape index (κ1) is 11.6. The minimum absolute atomic E-state index is 0.435. The van der Waals surface area contributed by atoms with Gasteiger partial charge in [-0.3, -0.25) is 4.68 Å². The van der Waals surface area contributed by atoms with Crippen molar-refractivity contribution in [3.63, 3.8) is 0 Å². The molecule has 0 saturated heterocycles. The Hall–Kier alpha value is -0.870. The van der Waals surface area contributed by atoms with E-state index >= 15 is 0 Å². The van der Waals surface area contributed by atoms with Crippen molar-refractivity contribution in [3.05, 3.63) is 18.0 Å². The summed E-state index contributed by atoms with van der Waals surface area (Å²) in [7, 11) is 1.87. The first-order chi connectivity index (χ1) is 7.75. The molecule has 1 aromatic rings. The van der Waals surface area contributed by atoms with Gasteiger partial charge in [0.2, 0.25) is 0 Å². The minimum atomic E-state index is -0.435. The summed E-state index contributed by atoms with van der Waals surface area (Å²) < 4.78 is 1.72. The number of hydrogen-bond donors (Lipinski definition) is 2. The van der Waals surface area contributed by atoms with E-state index in [1.165, 1.54) is 32.1 Å². The molecule has 1 atom stereocenters. The van der Waals surface area contributed by atoms with Gasteiger partial charge >= 0.3 is 0 Å². The number of hydrogen-bond acceptors (Lipinski definition) is 3. The van der Waals surface area contributed by atoms with Crippen LogP contribution in [0.15, 0.2) is 12.4 Å². The van der Waals surface area contributed by atoms with Crippen molar-refractivity contribution < 1.29 is 5.11 Å². The van der Waals surface area contributed by atoms with Crippen LogP contribution in [0.1, 0.15) is 43.8 Å². The second kappa shape index (κ2) is 5.46. The quantitative estimate of drug-likeness (QED) is 0.810. The highest BCUT2D eigenvalue weighted by Crippen LogP contribution is 2.18. The molecule has 0 aliphatic heterocycles. The molecule has 16 heavy (non-hydrogen) atoms. The summed E-state index contributed by atoms with van der Waals surface area (Å²) in [5.41, 5.74) is 0.894. The van der Waals surface area contributed by atoms with Crippen molar-refractivity contribution in [2.45, 2.75) is 44.2 Å². The van der Waals surface area contributed by atoms with Crippen molar-refractivity contribution in [2.75, 3.05) is 6.54 Å². The maximum absolute atomic E-state index is 9.95. The second-order valence-corrected chi connectivity index (χ2v) is 4.71. The summed E-state index contributed by atoms with van der Waals surface area (Å²) in [6.07, 6.45) is 9.67. The van der Waals surface area contributed by atoms with Gasteiger partial charge in [-0.15, -0.1) is 0 Å². The normalized spacial score (nSPS) is 19.9. The molecular formula is C12H21N3O. The lowest BCUT2D eigenvalue weighted by Crippen LogP contribution is -2.34. The second-order valence-electron chi connectivity index (χ2n) is 4.71. The van der Waals surface area contributed by atoms with Gasteiger partial charge in [0.05, 0.1) is 12.3 Å². The summed E-state index contributed by atoms with van der Waals surface area (Å²) in [6.45, 7) is 0.635. The van der Waals surface area contributed by atoms with E-state index in [-0.39, 0.29) is 0 Å². The number of nitrogens with one attached hydrogen (secondary N) is 1. The van der Waals surface area contributed by atoms with Gasteiger partial charge in [-0.2, -0.15) is 5.10 Å². The lowest BCUT2D eigenvalue weighted by Gasteiger charge is -2.24. The van der Waals surface area contributed by atoms with Gasteiger partial charge in [-0.1, -0.05) is 19.3 Å². The fraction of sp³-hybridized carbons (Fsp3) is 0.750. The number of aryl methyl sites for hydroxylation is 1. The molecule has 4 nitrogen and oxygen atoms in total. The number of aliphatic hydroxyl groups excluding tert-OH is 1. The zero-order chi connectivity index (χ0) is 11.4. The predicted octanol–water partition coefficient (Wildman–Crippen LogP) is 1.38. The van der Waals surface area contributed by atoms with E-state index in [0.29, 0.717) is 12.6 Å². The zero-order valence-electron chi connectivity index (χ0n) is 9.89. The fourth-order valence-electron chi connectivity index (χ4n) is 2.32. The maximum atomic E-state index is 9.95. The van der Waals surface area contributed by atoms with Crippen LogP contribution in [0.25, 0.3) is 0 Å². The summed E-state index contributed by atoms with van der Waals surface area (Å²) in [4.78, 5) is 0. The number of aliphatic hydroxyl groups is 1. The van der Waals surface area contributed by atoms with E-state index in [0.717, 1.165) is 5.56 Å². The van der Waals surface area contributed by atoms with E-state index in [4.69, 9.17) is 0 Å². The van der Waals surface area contributed by atoms with E-state index in [2.05, 4.69) is 10.4 Å². The Morgan fingerprint density at radius 2 is 2.25 bits per heavy atom. The van der Waals surface area contributed by atoms with Gasteiger partial charge in [-0.25, -0.2) is 0 Å². The van der Waals surface area contributed by atoms with Crippen molar-refractivity contribution >= 4 is 0 Å². The molecular weight excluding hydrogens is 202 g/mol. The average molecular weight is 223 g/mol. The first-order valence-electron chi connectivity index (χ1n) is 6.15. The van der Waals surface area contributed by atoms with Crippen molar-refractivity contribution in [3.8, 4) is 0 Å². The number of aromatic nitrogens is 2. The van der Waals surface area contributed by atoms with Crippen LogP contribution in [-0.4, -0.2) is 27.5 Å². The van der Waals surface area contributed by atoms with Gasteiger partial charge in [-0.05, 0) is 12.8 Å². The molecule has 1 unspecified atom stereocenters. The highest BCUT2D eigenvalue weighted by Gasteiger charge is 2.15. The van der Waals surface area contributed by atoms with E-state index in [9.17, 15) is 5.11 Å². The molecule has 1 aliphatic rings. The molecule has 1 aliphatic carbocycles. The van der Waals surface area contributed by atoms with Crippen LogP contribution in [0.4, 0.5) is 0 Å². The van der Waals surface area contributed by atoms with Crippen molar-refractivity contribution in [1.82, 2.24) is 15.1 Å². The monoisotopic (exact) mass is 223 g/mol. The van der Waals surface area contributed by atoms with Crippen LogP contribution in [0, 0.1) is 0 Å². The Bertz CT molecular complexity index is 318. The van der Waals surface area contributed by atoms with Crippen LogP contribution in [0.3, 0.4) is 0 Å². The molecule has 4 heteroatoms. The summed E-state index contributed by atoms with van der Waals surface area (Å²) in [5, 5.41) is 17.5. The van der Waals surface area contributed by atoms with Gasteiger partial charge < -0.3 is 10.4 Å². The third-order valence-corrected chi connectivity index (χ3v) is 3.31. The van der Waals surface area contributed by atoms with Crippen LogP contribution < -0.4 is 5.32 Å². The van der Waals surface area contributed by atoms with Crippen molar-refractivity contribution in [2.24, 2.45) is 7.05 Å². The maximum Gasteiger partial charge on any atom is 0.0944 e. The summed E-state index contributed by atoms with van der Waals surface area (Å²) >= 11 is 0. The Morgan fingerprint density at radius 1 is 1.50 bits per heavy atom. The Balaban J connectivity index is 1.76. The molecule has 0 bridgehead atoms. The first-order valence-corrected chi connectivity index (χ1v) is 6.15. The third-order valence-electron chi connectivity index (χ3n) is 3.31. The lowest BCUT2D eigenvalue weighted by molar-refractivity contribution is 0.165. The number of nitrogens with zero attached hydrogens (tertiary/aromatic N) is 2. The minimum Gasteiger partial charge on any atom is -0.387 e. The van der Waals surface area contributed by atoms with Crippen molar-refractivity contribution in [1.29, 1.82) is 0 Å². The topological polar surface area (TPSA) is 50.1 Å². The molecule has 1 saturated carbocycles. The van der Waals surface area contributed by atoms with Crippen LogP contribution in [0.5, 0.6) is 0 Å². The molecule has 0 aromatic carbocycles. The molecule has 1 heterocycles. The third kappa shape index (κ3) is 3.06. The van der Waals surface area contributed by atoms with Gasteiger partial charge in [0.25, 0.3) is 0 Å². The predicted molar refractivity (Wildman–Crippen MR) is 63.0 cm³/mol. The molecule has 2 N–H and O–H groups in total. The molecule has 0 radical (unpaired) electrons. The standard InChI is InChI=1S/C12H21N3O/c1-15-9-10(7-14-15)12(16)8-13-11-5-3-2-4-6-11/h7,9,11-13,16H,2-6,8H2,1H3. The molecule has 0 spiro atoms. The van der Waals surface area contributed by atoms with Crippen LogP contribution in [0.2, 0.25) is 0 Å². The molecule has 90 valence electrons. The molecule has 1 aromatic heterocycles. The Kier molecular flexibility index (Phi) is 3.96. The number of rotatable bonds is 4. The zero-order valence-corrected chi connectivity index (χ0v) is 9.89.